The molecule has 4 rings (SSSR count). The number of aliphatic carboxylic acids is 1. The monoisotopic (exact) mass is 340 g/mol. The molecule has 1 N–H and O–H groups in total. The van der Waals surface area contributed by atoms with Crippen LogP contribution in [-0.2, 0) is 16.6 Å². The first-order chi connectivity index (χ1) is 11.6. The van der Waals surface area contributed by atoms with Gasteiger partial charge in [0.1, 0.15) is 16.8 Å². The van der Waals surface area contributed by atoms with E-state index in [4.69, 9.17) is 0 Å². The van der Waals surface area contributed by atoms with Gasteiger partial charge in [0, 0.05) is 12.0 Å². The molecular weight excluding hydrogens is 328 g/mol. The second-order valence-electron chi connectivity index (χ2n) is 5.41. The van der Waals surface area contributed by atoms with Crippen molar-refractivity contribution in [1.82, 2.24) is 19.9 Å². The fraction of sp³-hybridized carbons (Fsp3) is 0.125. The van der Waals surface area contributed by atoms with Crippen LogP contribution in [0.4, 0.5) is 0 Å². The standard InChI is InChI=1S/C16H12N4O3S/c1-19-8-10(17-18-19)7-11-14(21)20-12(16(22)23)13(24-15(11)20)9-5-3-2-4-6-9/h2-8,15H,1H3,(H,22,23)/b11-7-/t15-/m0/s1. The van der Waals surface area contributed by atoms with Crippen LogP contribution in [0.1, 0.15) is 11.3 Å². The van der Waals surface area contributed by atoms with Crippen LogP contribution in [0.3, 0.4) is 0 Å². The molecule has 0 saturated carbocycles. The summed E-state index contributed by atoms with van der Waals surface area (Å²) in [5.74, 6) is -1.41. The molecule has 2 aliphatic heterocycles. The van der Waals surface area contributed by atoms with Crippen LogP contribution in [-0.4, -0.2) is 42.3 Å². The molecule has 1 aromatic carbocycles. The number of amides is 1. The molecule has 2 aliphatic rings. The molecule has 0 spiro atoms. The number of aromatic nitrogens is 3. The average Bonchev–Trinajstić information content (AvgIpc) is 3.15. The predicted molar refractivity (Wildman–Crippen MR) is 88.2 cm³/mol. The SMILES string of the molecule is Cn1cc(/C=C2/C(=O)N3C(C(=O)O)=C(c4ccccc4)S[C@@H]23)nn1. The molecular formula is C16H12N4O3S. The summed E-state index contributed by atoms with van der Waals surface area (Å²) in [7, 11) is 1.74. The average molecular weight is 340 g/mol. The normalized spacial score (nSPS) is 21.2. The van der Waals surface area contributed by atoms with E-state index in [0.29, 0.717) is 16.2 Å². The smallest absolute Gasteiger partial charge is 0.353 e. The Morgan fingerprint density at radius 3 is 2.71 bits per heavy atom. The van der Waals surface area contributed by atoms with Gasteiger partial charge in [-0.25, -0.2) is 4.79 Å². The molecule has 0 aliphatic carbocycles. The number of rotatable bonds is 3. The van der Waals surface area contributed by atoms with Crippen molar-refractivity contribution >= 4 is 34.6 Å². The minimum atomic E-state index is -1.10. The number of carboxylic acid groups (broad SMARTS) is 1. The summed E-state index contributed by atoms with van der Waals surface area (Å²) in [6, 6.07) is 9.23. The minimum Gasteiger partial charge on any atom is -0.477 e. The van der Waals surface area contributed by atoms with Gasteiger partial charge < -0.3 is 5.11 Å². The number of hydrogen-bond acceptors (Lipinski definition) is 5. The molecule has 1 atom stereocenters. The number of thioether (sulfide) groups is 1. The van der Waals surface area contributed by atoms with Gasteiger partial charge in [0.2, 0.25) is 0 Å². The van der Waals surface area contributed by atoms with E-state index in [-0.39, 0.29) is 17.0 Å². The molecule has 1 aromatic heterocycles. The second kappa shape index (κ2) is 5.34. The van der Waals surface area contributed by atoms with Crippen LogP contribution in [0, 0.1) is 0 Å². The van der Waals surface area contributed by atoms with E-state index in [1.165, 1.54) is 16.7 Å². The first-order valence-corrected chi connectivity index (χ1v) is 8.05. The van der Waals surface area contributed by atoms with Crippen molar-refractivity contribution in [2.45, 2.75) is 5.37 Å². The highest BCUT2D eigenvalue weighted by Gasteiger charge is 2.52. The highest BCUT2D eigenvalue weighted by Crippen LogP contribution is 2.52. The van der Waals surface area contributed by atoms with Crippen LogP contribution >= 0.6 is 11.8 Å². The third kappa shape index (κ3) is 2.15. The largest absolute Gasteiger partial charge is 0.477 e. The van der Waals surface area contributed by atoms with Crippen molar-refractivity contribution < 1.29 is 14.7 Å². The number of nitrogens with zero attached hydrogens (tertiary/aromatic N) is 4. The molecule has 0 radical (unpaired) electrons. The zero-order valence-corrected chi connectivity index (χ0v) is 13.4. The number of fused-ring (bicyclic) bond motifs is 1. The first-order valence-electron chi connectivity index (χ1n) is 7.17. The van der Waals surface area contributed by atoms with Crippen LogP contribution < -0.4 is 0 Å². The van der Waals surface area contributed by atoms with Gasteiger partial charge in [-0.05, 0) is 11.6 Å². The van der Waals surface area contributed by atoms with E-state index in [9.17, 15) is 14.7 Å². The second-order valence-corrected chi connectivity index (χ2v) is 6.50. The van der Waals surface area contributed by atoms with Crippen molar-refractivity contribution in [3.63, 3.8) is 0 Å². The summed E-state index contributed by atoms with van der Waals surface area (Å²) >= 11 is 1.37. The summed E-state index contributed by atoms with van der Waals surface area (Å²) in [5, 5.41) is 17.0. The van der Waals surface area contributed by atoms with E-state index in [1.54, 1.807) is 24.0 Å². The van der Waals surface area contributed by atoms with Crippen LogP contribution in [0.2, 0.25) is 0 Å². The van der Waals surface area contributed by atoms with Crippen molar-refractivity contribution in [1.29, 1.82) is 0 Å². The lowest BCUT2D eigenvalue weighted by Crippen LogP contribution is -2.51. The Kier molecular flexibility index (Phi) is 3.27. The number of β-lactam (4-membered cyclic amide) rings is 1. The lowest BCUT2D eigenvalue weighted by atomic mass is 10.0. The third-order valence-corrected chi connectivity index (χ3v) is 5.17. The number of aryl methyl sites for hydroxylation is 1. The Balaban J connectivity index is 1.72. The van der Waals surface area contributed by atoms with Gasteiger partial charge in [0.15, 0.2) is 0 Å². The molecule has 0 unspecified atom stereocenters. The fourth-order valence-corrected chi connectivity index (χ4v) is 4.15. The third-order valence-electron chi connectivity index (χ3n) is 3.81. The number of carboxylic acids is 1. The maximum absolute atomic E-state index is 12.4. The van der Waals surface area contributed by atoms with E-state index in [2.05, 4.69) is 10.3 Å². The van der Waals surface area contributed by atoms with Crippen LogP contribution in [0.5, 0.6) is 0 Å². The quantitative estimate of drug-likeness (QED) is 0.674. The topological polar surface area (TPSA) is 88.3 Å². The van der Waals surface area contributed by atoms with E-state index in [1.807, 2.05) is 30.3 Å². The number of benzene rings is 1. The van der Waals surface area contributed by atoms with Crippen LogP contribution in [0.25, 0.3) is 11.0 Å². The Bertz CT molecular complexity index is 916. The van der Waals surface area contributed by atoms with E-state index >= 15 is 0 Å². The van der Waals surface area contributed by atoms with Gasteiger partial charge in [-0.2, -0.15) is 0 Å². The Morgan fingerprint density at radius 2 is 2.08 bits per heavy atom. The summed E-state index contributed by atoms with van der Waals surface area (Å²) in [4.78, 5) is 26.0. The first kappa shape index (κ1) is 14.7. The molecule has 1 saturated heterocycles. The summed E-state index contributed by atoms with van der Waals surface area (Å²) in [5.41, 5.74) is 1.94. The summed E-state index contributed by atoms with van der Waals surface area (Å²) in [6.07, 6.45) is 3.36. The fourth-order valence-electron chi connectivity index (χ4n) is 2.75. The van der Waals surface area contributed by atoms with Gasteiger partial charge in [-0.1, -0.05) is 47.3 Å². The molecule has 0 bridgehead atoms. The lowest BCUT2D eigenvalue weighted by molar-refractivity contribution is -0.140. The Labute approximate surface area is 141 Å². The Morgan fingerprint density at radius 1 is 1.33 bits per heavy atom. The van der Waals surface area contributed by atoms with Gasteiger partial charge in [0.05, 0.1) is 11.8 Å². The maximum atomic E-state index is 12.4. The highest BCUT2D eigenvalue weighted by atomic mass is 32.2. The molecule has 8 heteroatoms. The minimum absolute atomic E-state index is 0.0393. The molecule has 24 heavy (non-hydrogen) atoms. The van der Waals surface area contributed by atoms with Crippen molar-refractivity contribution in [2.24, 2.45) is 7.05 Å². The summed E-state index contributed by atoms with van der Waals surface area (Å²) in [6.45, 7) is 0. The lowest BCUT2D eigenvalue weighted by Gasteiger charge is -2.36. The highest BCUT2D eigenvalue weighted by molar-refractivity contribution is 8.09. The number of carbonyl (C=O) groups excluding carboxylic acids is 1. The molecule has 7 nitrogen and oxygen atoms in total. The molecule has 3 heterocycles. The maximum Gasteiger partial charge on any atom is 0.353 e. The van der Waals surface area contributed by atoms with Crippen molar-refractivity contribution in [2.75, 3.05) is 0 Å². The molecule has 1 amide bonds. The van der Waals surface area contributed by atoms with E-state index < -0.39 is 5.97 Å². The molecule has 120 valence electrons. The van der Waals surface area contributed by atoms with Gasteiger partial charge in [-0.3, -0.25) is 14.4 Å². The zero-order valence-electron chi connectivity index (χ0n) is 12.6. The zero-order chi connectivity index (χ0) is 16.8. The summed E-state index contributed by atoms with van der Waals surface area (Å²) < 4.78 is 1.55. The Hall–Kier alpha value is -2.87. The van der Waals surface area contributed by atoms with Gasteiger partial charge in [0.25, 0.3) is 5.91 Å². The van der Waals surface area contributed by atoms with Crippen molar-refractivity contribution in [3.8, 4) is 0 Å². The number of hydrogen-bond donors (Lipinski definition) is 1. The molecule has 2 aromatic rings. The predicted octanol–water partition coefficient (Wildman–Crippen LogP) is 1.57. The van der Waals surface area contributed by atoms with Gasteiger partial charge in [-0.15, -0.1) is 5.10 Å². The van der Waals surface area contributed by atoms with E-state index in [0.717, 1.165) is 5.56 Å². The molecule has 1 fully saturated rings. The van der Waals surface area contributed by atoms with Gasteiger partial charge >= 0.3 is 5.97 Å². The van der Waals surface area contributed by atoms with Crippen LogP contribution in [0.15, 0.2) is 47.8 Å². The van der Waals surface area contributed by atoms with Crippen molar-refractivity contribution in [3.05, 3.63) is 59.1 Å². The number of carbonyl (C=O) groups is 2.